The number of esters is 1. The van der Waals surface area contributed by atoms with Crippen LogP contribution in [0.3, 0.4) is 0 Å². The number of halogens is 1. The van der Waals surface area contributed by atoms with Crippen LogP contribution < -0.4 is 25.0 Å². The third-order valence-corrected chi connectivity index (χ3v) is 6.90. The van der Waals surface area contributed by atoms with Gasteiger partial charge in [-0.15, -0.1) is 11.3 Å². The van der Waals surface area contributed by atoms with Crippen molar-refractivity contribution >= 4 is 57.0 Å². The fourth-order valence-electron chi connectivity index (χ4n) is 3.42. The SMILES string of the molecule is COc1ccc(C(=O)NCC(=O)N/N=C\c2cccc(OC(=O)c3sc4ccccc4c3Cl)c2)cc1OC. The summed E-state index contributed by atoms with van der Waals surface area (Å²) in [4.78, 5) is 37.4. The van der Waals surface area contributed by atoms with Crippen LogP contribution in [-0.2, 0) is 4.79 Å². The lowest BCUT2D eigenvalue weighted by atomic mass is 10.2. The first-order chi connectivity index (χ1) is 18.4. The molecule has 1 heterocycles. The molecule has 0 radical (unpaired) electrons. The Bertz CT molecular complexity index is 1530. The summed E-state index contributed by atoms with van der Waals surface area (Å²) < 4.78 is 16.7. The average Bonchev–Trinajstić information content (AvgIpc) is 3.28. The molecule has 0 fully saturated rings. The Morgan fingerprint density at radius 2 is 1.76 bits per heavy atom. The molecule has 2 N–H and O–H groups in total. The molecule has 4 rings (SSSR count). The summed E-state index contributed by atoms with van der Waals surface area (Å²) >= 11 is 7.62. The first kappa shape index (κ1) is 26.6. The third kappa shape index (κ3) is 6.28. The summed E-state index contributed by atoms with van der Waals surface area (Å²) in [6.07, 6.45) is 1.39. The van der Waals surface area contributed by atoms with Crippen LogP contribution in [0.2, 0.25) is 5.02 Å². The number of nitrogens with one attached hydrogen (secondary N) is 2. The van der Waals surface area contributed by atoms with Crippen LogP contribution in [0.25, 0.3) is 10.1 Å². The Morgan fingerprint density at radius 3 is 2.53 bits per heavy atom. The van der Waals surface area contributed by atoms with Gasteiger partial charge in [0.1, 0.15) is 10.6 Å². The van der Waals surface area contributed by atoms with E-state index in [0.717, 1.165) is 10.1 Å². The van der Waals surface area contributed by atoms with E-state index in [9.17, 15) is 14.4 Å². The largest absolute Gasteiger partial charge is 0.493 e. The van der Waals surface area contributed by atoms with E-state index >= 15 is 0 Å². The van der Waals surface area contributed by atoms with Crippen molar-refractivity contribution in [2.45, 2.75) is 0 Å². The van der Waals surface area contributed by atoms with Crippen molar-refractivity contribution in [1.82, 2.24) is 10.7 Å². The van der Waals surface area contributed by atoms with Crippen LogP contribution in [0, 0.1) is 0 Å². The second-order valence-electron chi connectivity index (χ2n) is 7.75. The highest BCUT2D eigenvalue weighted by Crippen LogP contribution is 2.35. The number of amides is 2. The average molecular weight is 552 g/mol. The van der Waals surface area contributed by atoms with Crippen LogP contribution >= 0.6 is 22.9 Å². The molecule has 0 aliphatic heterocycles. The number of hydrogen-bond donors (Lipinski definition) is 2. The molecule has 0 saturated heterocycles. The highest BCUT2D eigenvalue weighted by Gasteiger charge is 2.19. The molecule has 1 aromatic heterocycles. The van der Waals surface area contributed by atoms with E-state index < -0.39 is 17.8 Å². The quantitative estimate of drug-likeness (QED) is 0.135. The molecule has 0 aliphatic carbocycles. The highest BCUT2D eigenvalue weighted by atomic mass is 35.5. The molecule has 4 aromatic rings. The van der Waals surface area contributed by atoms with Crippen molar-refractivity contribution in [2.75, 3.05) is 20.8 Å². The van der Waals surface area contributed by atoms with Gasteiger partial charge in [0.05, 0.1) is 32.0 Å². The number of carbonyl (C=O) groups excluding carboxylic acids is 3. The summed E-state index contributed by atoms with van der Waals surface area (Å²) in [5, 5.41) is 7.55. The minimum atomic E-state index is -0.566. The van der Waals surface area contributed by atoms with Crippen LogP contribution in [0.4, 0.5) is 0 Å². The van der Waals surface area contributed by atoms with E-state index in [1.165, 1.54) is 37.8 Å². The van der Waals surface area contributed by atoms with Gasteiger partial charge in [-0.1, -0.05) is 41.9 Å². The number of rotatable bonds is 9. The maximum absolute atomic E-state index is 12.7. The van der Waals surface area contributed by atoms with Crippen LogP contribution in [-0.4, -0.2) is 44.8 Å². The lowest BCUT2D eigenvalue weighted by Crippen LogP contribution is -2.34. The second kappa shape index (κ2) is 12.2. The van der Waals surface area contributed by atoms with Gasteiger partial charge >= 0.3 is 5.97 Å². The van der Waals surface area contributed by atoms with E-state index in [1.807, 2.05) is 24.3 Å². The molecule has 0 spiro atoms. The monoisotopic (exact) mass is 551 g/mol. The van der Waals surface area contributed by atoms with Gasteiger partial charge in [0.15, 0.2) is 11.5 Å². The zero-order chi connectivity index (χ0) is 27.1. The highest BCUT2D eigenvalue weighted by molar-refractivity contribution is 7.21. The zero-order valence-electron chi connectivity index (χ0n) is 20.3. The van der Waals surface area contributed by atoms with Crippen LogP contribution in [0.5, 0.6) is 17.2 Å². The van der Waals surface area contributed by atoms with Gasteiger partial charge in [-0.25, -0.2) is 10.2 Å². The Kier molecular flexibility index (Phi) is 8.57. The van der Waals surface area contributed by atoms with Gasteiger partial charge in [-0.05, 0) is 42.0 Å². The third-order valence-electron chi connectivity index (χ3n) is 5.25. The van der Waals surface area contributed by atoms with Crippen molar-refractivity contribution < 1.29 is 28.6 Å². The fraction of sp³-hybridized carbons (Fsp3) is 0.111. The number of fused-ring (bicyclic) bond motifs is 1. The summed E-state index contributed by atoms with van der Waals surface area (Å²) in [5.74, 6) is -0.381. The summed E-state index contributed by atoms with van der Waals surface area (Å²) in [6.45, 7) is -0.294. The van der Waals surface area contributed by atoms with E-state index in [2.05, 4.69) is 15.8 Å². The molecule has 2 amide bonds. The number of benzene rings is 3. The van der Waals surface area contributed by atoms with Gasteiger partial charge in [-0.3, -0.25) is 9.59 Å². The molecule has 0 bridgehead atoms. The van der Waals surface area contributed by atoms with Crippen LogP contribution in [0.15, 0.2) is 71.8 Å². The molecule has 0 saturated carbocycles. The van der Waals surface area contributed by atoms with Crippen molar-refractivity contribution in [3.05, 3.63) is 87.8 Å². The first-order valence-electron chi connectivity index (χ1n) is 11.2. The molecule has 0 unspecified atom stereocenters. The Morgan fingerprint density at radius 1 is 0.974 bits per heavy atom. The fourth-order valence-corrected chi connectivity index (χ4v) is 4.80. The van der Waals surface area contributed by atoms with Crippen molar-refractivity contribution in [3.8, 4) is 17.2 Å². The van der Waals surface area contributed by atoms with Crippen molar-refractivity contribution in [1.29, 1.82) is 0 Å². The predicted molar refractivity (Wildman–Crippen MR) is 146 cm³/mol. The lowest BCUT2D eigenvalue weighted by Gasteiger charge is -2.09. The Labute approximate surface area is 227 Å². The maximum atomic E-state index is 12.7. The molecule has 194 valence electrons. The molecular weight excluding hydrogens is 530 g/mol. The first-order valence-corrected chi connectivity index (χ1v) is 12.4. The normalized spacial score (nSPS) is 10.8. The number of hydrogen-bond acceptors (Lipinski definition) is 8. The van der Waals surface area contributed by atoms with Gasteiger partial charge in [-0.2, -0.15) is 5.10 Å². The summed E-state index contributed by atoms with van der Waals surface area (Å²) in [5.41, 5.74) is 3.22. The summed E-state index contributed by atoms with van der Waals surface area (Å²) in [7, 11) is 2.96. The van der Waals surface area contributed by atoms with E-state index in [-0.39, 0.29) is 6.54 Å². The van der Waals surface area contributed by atoms with Gasteiger partial charge in [0.25, 0.3) is 11.8 Å². The number of nitrogens with zero attached hydrogens (tertiary/aromatic N) is 1. The van der Waals surface area contributed by atoms with Crippen LogP contribution in [0.1, 0.15) is 25.6 Å². The van der Waals surface area contributed by atoms with E-state index in [1.54, 1.807) is 36.4 Å². The molecule has 11 heteroatoms. The van der Waals surface area contributed by atoms with Gasteiger partial charge in [0, 0.05) is 15.6 Å². The van der Waals surface area contributed by atoms with Gasteiger partial charge < -0.3 is 19.5 Å². The molecule has 0 aliphatic rings. The number of ether oxygens (including phenoxy) is 3. The minimum Gasteiger partial charge on any atom is -0.493 e. The number of methoxy groups -OCH3 is 2. The smallest absolute Gasteiger partial charge is 0.355 e. The van der Waals surface area contributed by atoms with Crippen molar-refractivity contribution in [2.24, 2.45) is 5.10 Å². The molecule has 38 heavy (non-hydrogen) atoms. The van der Waals surface area contributed by atoms with Crippen molar-refractivity contribution in [3.63, 3.8) is 0 Å². The molecule has 0 atom stereocenters. The topological polar surface area (TPSA) is 115 Å². The maximum Gasteiger partial charge on any atom is 0.355 e. The molecule has 3 aromatic carbocycles. The number of hydrazone groups is 1. The molecular formula is C27H22ClN3O6S. The summed E-state index contributed by atoms with van der Waals surface area (Å²) in [6, 6.07) is 18.7. The lowest BCUT2D eigenvalue weighted by molar-refractivity contribution is -0.120. The zero-order valence-corrected chi connectivity index (χ0v) is 21.9. The molecule has 9 nitrogen and oxygen atoms in total. The number of carbonyl (C=O) groups is 3. The Hall–Kier alpha value is -4.41. The Balaban J connectivity index is 1.30. The standard InChI is InChI=1S/C27H22ClN3O6S/c1-35-20-11-10-17(13-21(20)36-2)26(33)29-15-23(32)31-30-14-16-6-5-7-18(12-16)37-27(34)25-24(28)19-8-3-4-9-22(19)38-25/h3-14H,15H2,1-2H3,(H,29,33)(H,31,32)/b30-14-. The van der Waals surface area contributed by atoms with E-state index in [4.69, 9.17) is 25.8 Å². The second-order valence-corrected chi connectivity index (χ2v) is 9.18. The minimum absolute atomic E-state index is 0.293. The van der Waals surface area contributed by atoms with E-state index in [0.29, 0.717) is 38.3 Å². The predicted octanol–water partition coefficient (Wildman–Crippen LogP) is 4.67. The van der Waals surface area contributed by atoms with Gasteiger partial charge in [0.2, 0.25) is 0 Å². The number of thiophene rings is 1.